The predicted molar refractivity (Wildman–Crippen MR) is 82.0 cm³/mol. The second kappa shape index (κ2) is 6.13. The molecule has 0 unspecified atom stereocenters. The van der Waals surface area contributed by atoms with E-state index in [1.54, 1.807) is 12.1 Å². The Morgan fingerprint density at radius 1 is 1.27 bits per heavy atom. The van der Waals surface area contributed by atoms with Gasteiger partial charge in [0.1, 0.15) is 17.3 Å². The second-order valence-electron chi connectivity index (χ2n) is 5.16. The van der Waals surface area contributed by atoms with Crippen LogP contribution in [-0.4, -0.2) is 14.8 Å². The molecule has 0 amide bonds. The summed E-state index contributed by atoms with van der Waals surface area (Å²) >= 11 is 0. The largest absolute Gasteiger partial charge is 0.447 e. The Morgan fingerprint density at radius 2 is 2.14 bits per heavy atom. The Morgan fingerprint density at radius 3 is 2.86 bits per heavy atom. The smallest absolute Gasteiger partial charge is 0.181 e. The van der Waals surface area contributed by atoms with Gasteiger partial charge < -0.3 is 4.42 Å². The van der Waals surface area contributed by atoms with Crippen molar-refractivity contribution < 1.29 is 8.81 Å². The molecule has 0 saturated carbocycles. The minimum absolute atomic E-state index is 0.227. The third kappa shape index (κ3) is 2.79. The first-order valence-electron chi connectivity index (χ1n) is 7.43. The normalized spacial score (nSPS) is 11.0. The van der Waals surface area contributed by atoms with E-state index in [4.69, 9.17) is 4.42 Å². The monoisotopic (exact) mass is 299 g/mol. The van der Waals surface area contributed by atoms with E-state index in [9.17, 15) is 4.39 Å². The lowest BCUT2D eigenvalue weighted by Gasteiger charge is -2.07. The Kier molecular flexibility index (Phi) is 4.04. The summed E-state index contributed by atoms with van der Waals surface area (Å²) in [5.41, 5.74) is 3.70. The van der Waals surface area contributed by atoms with Crippen molar-refractivity contribution in [3.63, 3.8) is 0 Å². The minimum atomic E-state index is -0.227. The fourth-order valence-corrected chi connectivity index (χ4v) is 2.56. The highest BCUT2D eigenvalue weighted by molar-refractivity contribution is 5.65. The first kappa shape index (κ1) is 14.5. The molecule has 0 radical (unpaired) electrons. The number of oxazole rings is 1. The summed E-state index contributed by atoms with van der Waals surface area (Å²) in [5.74, 6) is 0.548. The van der Waals surface area contributed by atoms with Gasteiger partial charge >= 0.3 is 0 Å². The second-order valence-corrected chi connectivity index (χ2v) is 5.16. The third-order valence-corrected chi connectivity index (χ3v) is 3.72. The summed E-state index contributed by atoms with van der Waals surface area (Å²) in [6.45, 7) is 4.88. The molecule has 1 aromatic carbocycles. The van der Waals surface area contributed by atoms with Crippen LogP contribution in [0.1, 0.15) is 30.7 Å². The lowest BCUT2D eigenvalue weighted by atomic mass is 10.00. The quantitative estimate of drug-likeness (QED) is 0.718. The molecule has 0 bridgehead atoms. The molecule has 0 saturated heterocycles. The van der Waals surface area contributed by atoms with Gasteiger partial charge in [-0.2, -0.15) is 5.10 Å². The Labute approximate surface area is 128 Å². The van der Waals surface area contributed by atoms with Crippen LogP contribution in [-0.2, 0) is 19.4 Å². The predicted octanol–water partition coefficient (Wildman–Crippen LogP) is 3.85. The van der Waals surface area contributed by atoms with Crippen molar-refractivity contribution in [1.29, 1.82) is 0 Å². The van der Waals surface area contributed by atoms with E-state index in [0.717, 1.165) is 41.1 Å². The van der Waals surface area contributed by atoms with Crippen LogP contribution in [0.4, 0.5) is 4.39 Å². The first-order chi connectivity index (χ1) is 10.7. The lowest BCUT2D eigenvalue weighted by molar-refractivity contribution is 0.515. The molecule has 0 spiro atoms. The fourth-order valence-electron chi connectivity index (χ4n) is 2.56. The Hall–Kier alpha value is -2.43. The van der Waals surface area contributed by atoms with Crippen molar-refractivity contribution in [3.05, 3.63) is 59.7 Å². The van der Waals surface area contributed by atoms with Crippen molar-refractivity contribution in [1.82, 2.24) is 14.8 Å². The zero-order chi connectivity index (χ0) is 15.5. The molecule has 114 valence electrons. The van der Waals surface area contributed by atoms with Gasteiger partial charge in [-0.15, -0.1) is 0 Å². The molecule has 0 aliphatic heterocycles. The van der Waals surface area contributed by atoms with E-state index in [0.29, 0.717) is 6.42 Å². The summed E-state index contributed by atoms with van der Waals surface area (Å²) in [4.78, 5) is 4.33. The van der Waals surface area contributed by atoms with Crippen molar-refractivity contribution in [3.8, 4) is 11.3 Å². The van der Waals surface area contributed by atoms with Gasteiger partial charge in [0.15, 0.2) is 6.39 Å². The van der Waals surface area contributed by atoms with Crippen LogP contribution in [0.3, 0.4) is 0 Å². The van der Waals surface area contributed by atoms with Crippen molar-refractivity contribution in [2.24, 2.45) is 0 Å². The maximum Gasteiger partial charge on any atom is 0.181 e. The number of benzene rings is 1. The molecular weight excluding hydrogens is 281 g/mol. The molecule has 4 nitrogen and oxygen atoms in total. The van der Waals surface area contributed by atoms with Gasteiger partial charge in [0.25, 0.3) is 0 Å². The molecule has 0 fully saturated rings. The van der Waals surface area contributed by atoms with Gasteiger partial charge in [-0.05, 0) is 42.7 Å². The average molecular weight is 299 g/mol. The van der Waals surface area contributed by atoms with Crippen LogP contribution in [0.2, 0.25) is 0 Å². The van der Waals surface area contributed by atoms with Gasteiger partial charge in [-0.1, -0.05) is 6.92 Å². The minimum Gasteiger partial charge on any atom is -0.447 e. The van der Waals surface area contributed by atoms with E-state index < -0.39 is 0 Å². The highest BCUT2D eigenvalue weighted by atomic mass is 19.1. The van der Waals surface area contributed by atoms with Gasteiger partial charge in [0.05, 0.1) is 6.20 Å². The Balaban J connectivity index is 1.95. The molecule has 5 heteroatoms. The van der Waals surface area contributed by atoms with Crippen LogP contribution in [0.5, 0.6) is 0 Å². The topological polar surface area (TPSA) is 43.9 Å². The van der Waals surface area contributed by atoms with Gasteiger partial charge in [-0.25, -0.2) is 9.37 Å². The van der Waals surface area contributed by atoms with Crippen molar-refractivity contribution in [2.75, 3.05) is 0 Å². The van der Waals surface area contributed by atoms with Crippen LogP contribution < -0.4 is 0 Å². The molecule has 0 aliphatic carbocycles. The number of hydrogen-bond acceptors (Lipinski definition) is 3. The van der Waals surface area contributed by atoms with Gasteiger partial charge in [0, 0.05) is 24.7 Å². The standard InChI is InChI=1S/C17H18FN3O/c1-3-13-8-14(18)5-6-15(13)17-16(22-11-19-17)7-12-9-20-21(4-2)10-12/h5-6,8-11H,3-4,7H2,1-2H3. The Bertz CT molecular complexity index is 776. The molecule has 0 atom stereocenters. The van der Waals surface area contributed by atoms with E-state index >= 15 is 0 Å². The maximum absolute atomic E-state index is 13.4. The van der Waals surface area contributed by atoms with E-state index in [1.165, 1.54) is 12.5 Å². The van der Waals surface area contributed by atoms with Crippen LogP contribution >= 0.6 is 0 Å². The molecule has 3 rings (SSSR count). The zero-order valence-electron chi connectivity index (χ0n) is 12.7. The molecule has 3 aromatic rings. The summed E-state index contributed by atoms with van der Waals surface area (Å²) in [5, 5.41) is 4.27. The third-order valence-electron chi connectivity index (χ3n) is 3.72. The molecule has 0 N–H and O–H groups in total. The molecule has 0 aliphatic rings. The number of hydrogen-bond donors (Lipinski definition) is 0. The van der Waals surface area contributed by atoms with Crippen LogP contribution in [0.15, 0.2) is 41.4 Å². The number of aromatic nitrogens is 3. The zero-order valence-corrected chi connectivity index (χ0v) is 12.7. The summed E-state index contributed by atoms with van der Waals surface area (Å²) < 4.78 is 20.8. The fraction of sp³-hybridized carbons (Fsp3) is 0.294. The first-order valence-corrected chi connectivity index (χ1v) is 7.43. The number of rotatable bonds is 5. The van der Waals surface area contributed by atoms with E-state index in [1.807, 2.05) is 30.9 Å². The molecule has 2 heterocycles. The summed E-state index contributed by atoms with van der Waals surface area (Å²) in [7, 11) is 0. The average Bonchev–Trinajstić information content (AvgIpc) is 3.17. The number of halogens is 1. The van der Waals surface area contributed by atoms with Gasteiger partial charge in [-0.3, -0.25) is 4.68 Å². The number of aryl methyl sites for hydroxylation is 2. The van der Waals surface area contributed by atoms with E-state index in [-0.39, 0.29) is 5.82 Å². The maximum atomic E-state index is 13.4. The van der Waals surface area contributed by atoms with Crippen molar-refractivity contribution in [2.45, 2.75) is 33.2 Å². The SMILES string of the molecule is CCc1cc(F)ccc1-c1ncoc1Cc1cnn(CC)c1. The lowest BCUT2D eigenvalue weighted by Crippen LogP contribution is -1.94. The highest BCUT2D eigenvalue weighted by Gasteiger charge is 2.15. The summed E-state index contributed by atoms with van der Waals surface area (Å²) in [6, 6.07) is 4.79. The van der Waals surface area contributed by atoms with Gasteiger partial charge in [0.2, 0.25) is 0 Å². The van der Waals surface area contributed by atoms with E-state index in [2.05, 4.69) is 10.1 Å². The summed E-state index contributed by atoms with van der Waals surface area (Å²) in [6.07, 6.45) is 6.64. The molecule has 2 aromatic heterocycles. The van der Waals surface area contributed by atoms with Crippen LogP contribution in [0.25, 0.3) is 11.3 Å². The molecular formula is C17H18FN3O. The van der Waals surface area contributed by atoms with Crippen molar-refractivity contribution >= 4 is 0 Å². The highest BCUT2D eigenvalue weighted by Crippen LogP contribution is 2.28. The molecule has 22 heavy (non-hydrogen) atoms. The van der Waals surface area contributed by atoms with Crippen LogP contribution in [0, 0.1) is 5.82 Å². The number of nitrogens with zero attached hydrogens (tertiary/aromatic N) is 3.